The molecule has 2 aliphatic rings. The Hall–Kier alpha value is -1.73. The summed E-state index contributed by atoms with van der Waals surface area (Å²) < 4.78 is 34.2. The van der Waals surface area contributed by atoms with Crippen molar-refractivity contribution in [3.63, 3.8) is 0 Å². The predicted molar refractivity (Wildman–Crippen MR) is 124 cm³/mol. The fraction of sp³-hybridized carbons (Fsp3) is 0.520. The Morgan fingerprint density at radius 2 is 1.48 bits per heavy atom. The summed E-state index contributed by atoms with van der Waals surface area (Å²) in [6.07, 6.45) is 4.10. The van der Waals surface area contributed by atoms with E-state index in [1.54, 1.807) is 10.4 Å². The van der Waals surface area contributed by atoms with E-state index in [2.05, 4.69) is 35.2 Å². The van der Waals surface area contributed by atoms with Crippen LogP contribution in [-0.2, 0) is 21.3 Å². The van der Waals surface area contributed by atoms with Crippen LogP contribution >= 0.6 is 0 Å². The Bertz CT molecular complexity index is 962. The first-order valence-electron chi connectivity index (χ1n) is 11.4. The van der Waals surface area contributed by atoms with Gasteiger partial charge in [0.15, 0.2) is 0 Å². The molecule has 168 valence electrons. The standard InChI is InChI=1S/C25H34N2O3S/c1-20-8-9-25(21(2)18-20)31(28,29)27-16-12-24(13-17-27)30-23-10-14-26(15-11-23)19-22-6-4-3-5-7-22/h3-9,18,23-24H,10-17,19H2,1-2H3. The lowest BCUT2D eigenvalue weighted by Gasteiger charge is -2.37. The van der Waals surface area contributed by atoms with Gasteiger partial charge in [-0.1, -0.05) is 48.0 Å². The zero-order chi connectivity index (χ0) is 21.8. The van der Waals surface area contributed by atoms with Crippen molar-refractivity contribution in [1.29, 1.82) is 0 Å². The average molecular weight is 443 g/mol. The summed E-state index contributed by atoms with van der Waals surface area (Å²) in [5.74, 6) is 0. The molecular weight excluding hydrogens is 408 g/mol. The number of ether oxygens (including phenoxy) is 1. The number of sulfonamides is 1. The first-order chi connectivity index (χ1) is 14.9. The minimum absolute atomic E-state index is 0.163. The van der Waals surface area contributed by atoms with E-state index in [0.717, 1.165) is 56.4 Å². The zero-order valence-corrected chi connectivity index (χ0v) is 19.5. The van der Waals surface area contributed by atoms with Gasteiger partial charge in [0.25, 0.3) is 0 Å². The minimum atomic E-state index is -3.43. The van der Waals surface area contributed by atoms with Crippen LogP contribution in [0.3, 0.4) is 0 Å². The lowest BCUT2D eigenvalue weighted by molar-refractivity contribution is -0.0595. The number of nitrogens with zero attached hydrogens (tertiary/aromatic N) is 2. The van der Waals surface area contributed by atoms with Crippen LogP contribution in [0.1, 0.15) is 42.4 Å². The molecule has 0 radical (unpaired) electrons. The Labute approximate surface area is 187 Å². The normalized spacial score (nSPS) is 20.2. The average Bonchev–Trinajstić information content (AvgIpc) is 2.76. The highest BCUT2D eigenvalue weighted by Crippen LogP contribution is 2.27. The molecule has 0 atom stereocenters. The molecule has 2 aromatic rings. The van der Waals surface area contributed by atoms with Crippen LogP contribution in [-0.4, -0.2) is 56.0 Å². The molecule has 0 spiro atoms. The van der Waals surface area contributed by atoms with Crippen LogP contribution in [0.5, 0.6) is 0 Å². The number of benzene rings is 2. The summed E-state index contributed by atoms with van der Waals surface area (Å²) in [4.78, 5) is 2.93. The molecule has 0 saturated carbocycles. The van der Waals surface area contributed by atoms with Crippen LogP contribution in [0.2, 0.25) is 0 Å². The number of hydrogen-bond donors (Lipinski definition) is 0. The van der Waals surface area contributed by atoms with Gasteiger partial charge in [-0.25, -0.2) is 8.42 Å². The molecule has 2 heterocycles. The quantitative estimate of drug-likeness (QED) is 0.675. The van der Waals surface area contributed by atoms with Crippen molar-refractivity contribution in [3.8, 4) is 0 Å². The Morgan fingerprint density at radius 1 is 0.871 bits per heavy atom. The van der Waals surface area contributed by atoms with Crippen LogP contribution in [0.25, 0.3) is 0 Å². The van der Waals surface area contributed by atoms with E-state index in [9.17, 15) is 8.42 Å². The van der Waals surface area contributed by atoms with Crippen LogP contribution in [0.4, 0.5) is 0 Å². The predicted octanol–water partition coefficient (Wildman–Crippen LogP) is 4.14. The van der Waals surface area contributed by atoms with Crippen LogP contribution < -0.4 is 0 Å². The molecule has 31 heavy (non-hydrogen) atoms. The van der Waals surface area contributed by atoms with E-state index < -0.39 is 10.0 Å². The molecule has 2 fully saturated rings. The van der Waals surface area contributed by atoms with Crippen molar-refractivity contribution < 1.29 is 13.2 Å². The van der Waals surface area contributed by atoms with Crippen molar-refractivity contribution >= 4 is 10.0 Å². The van der Waals surface area contributed by atoms with Crippen molar-refractivity contribution in [2.75, 3.05) is 26.2 Å². The third-order valence-corrected chi connectivity index (χ3v) is 8.58. The Balaban J connectivity index is 1.24. The summed E-state index contributed by atoms with van der Waals surface area (Å²) in [7, 11) is -3.43. The lowest BCUT2D eigenvalue weighted by atomic mass is 10.0. The molecule has 4 rings (SSSR count). The monoisotopic (exact) mass is 442 g/mol. The van der Waals surface area contributed by atoms with Gasteiger partial charge in [-0.05, 0) is 56.7 Å². The van der Waals surface area contributed by atoms with Crippen molar-refractivity contribution in [1.82, 2.24) is 9.21 Å². The van der Waals surface area contributed by atoms with Crippen LogP contribution in [0, 0.1) is 13.8 Å². The van der Waals surface area contributed by atoms with E-state index in [1.807, 2.05) is 26.0 Å². The highest BCUT2D eigenvalue weighted by Gasteiger charge is 2.32. The lowest BCUT2D eigenvalue weighted by Crippen LogP contribution is -2.43. The maximum atomic E-state index is 13.1. The SMILES string of the molecule is Cc1ccc(S(=O)(=O)N2CCC(OC3CCN(Cc4ccccc4)CC3)CC2)c(C)c1. The fourth-order valence-corrected chi connectivity index (χ4v) is 6.43. The smallest absolute Gasteiger partial charge is 0.243 e. The van der Waals surface area contributed by atoms with Crippen LogP contribution in [0.15, 0.2) is 53.4 Å². The second-order valence-corrected chi connectivity index (χ2v) is 10.9. The van der Waals surface area contributed by atoms with E-state index >= 15 is 0 Å². The Kier molecular flexibility index (Phi) is 7.12. The highest BCUT2D eigenvalue weighted by molar-refractivity contribution is 7.89. The second kappa shape index (κ2) is 9.82. The molecular formula is C25H34N2O3S. The summed E-state index contributed by atoms with van der Waals surface area (Å²) in [6, 6.07) is 16.2. The van der Waals surface area contributed by atoms with Gasteiger partial charge in [0, 0.05) is 32.7 Å². The third kappa shape index (κ3) is 5.55. The van der Waals surface area contributed by atoms with Crippen molar-refractivity contribution in [2.45, 2.75) is 63.2 Å². The molecule has 2 aliphatic heterocycles. The van der Waals surface area contributed by atoms with Gasteiger partial charge in [0.05, 0.1) is 17.1 Å². The molecule has 2 saturated heterocycles. The largest absolute Gasteiger partial charge is 0.375 e. The molecule has 0 amide bonds. The third-order valence-electron chi connectivity index (χ3n) is 6.52. The topological polar surface area (TPSA) is 49.9 Å². The molecule has 0 N–H and O–H groups in total. The van der Waals surface area contributed by atoms with Gasteiger partial charge in [0.2, 0.25) is 10.0 Å². The molecule has 0 aromatic heterocycles. The maximum absolute atomic E-state index is 13.1. The number of likely N-dealkylation sites (tertiary alicyclic amines) is 1. The summed E-state index contributed by atoms with van der Waals surface area (Å²) >= 11 is 0. The summed E-state index contributed by atoms with van der Waals surface area (Å²) in [5, 5.41) is 0. The maximum Gasteiger partial charge on any atom is 0.243 e. The minimum Gasteiger partial charge on any atom is -0.375 e. The van der Waals surface area contributed by atoms with E-state index in [0.29, 0.717) is 24.1 Å². The zero-order valence-electron chi connectivity index (χ0n) is 18.7. The summed E-state index contributed by atoms with van der Waals surface area (Å²) in [5.41, 5.74) is 3.26. The molecule has 5 nitrogen and oxygen atoms in total. The Morgan fingerprint density at radius 3 is 2.10 bits per heavy atom. The number of hydrogen-bond acceptors (Lipinski definition) is 4. The first-order valence-corrected chi connectivity index (χ1v) is 12.8. The highest BCUT2D eigenvalue weighted by atomic mass is 32.2. The van der Waals surface area contributed by atoms with Gasteiger partial charge in [-0.3, -0.25) is 4.90 Å². The van der Waals surface area contributed by atoms with Crippen molar-refractivity contribution in [2.24, 2.45) is 0 Å². The van der Waals surface area contributed by atoms with Gasteiger partial charge >= 0.3 is 0 Å². The van der Waals surface area contributed by atoms with Crippen molar-refractivity contribution in [3.05, 3.63) is 65.2 Å². The van der Waals surface area contributed by atoms with Gasteiger partial charge in [-0.15, -0.1) is 0 Å². The molecule has 0 bridgehead atoms. The number of rotatable bonds is 6. The second-order valence-electron chi connectivity index (χ2n) is 8.97. The molecule has 0 aliphatic carbocycles. The number of aryl methyl sites for hydroxylation is 2. The van der Waals surface area contributed by atoms with Gasteiger partial charge in [-0.2, -0.15) is 4.31 Å². The summed E-state index contributed by atoms with van der Waals surface area (Å²) in [6.45, 7) is 8.04. The van der Waals surface area contributed by atoms with E-state index in [1.165, 1.54) is 5.56 Å². The number of piperidine rings is 2. The molecule has 6 heteroatoms. The van der Waals surface area contributed by atoms with Gasteiger partial charge in [0.1, 0.15) is 0 Å². The van der Waals surface area contributed by atoms with Gasteiger partial charge < -0.3 is 4.74 Å². The fourth-order valence-electron chi connectivity index (χ4n) is 4.75. The molecule has 2 aromatic carbocycles. The van der Waals surface area contributed by atoms with E-state index in [4.69, 9.17) is 4.74 Å². The van der Waals surface area contributed by atoms with E-state index in [-0.39, 0.29) is 6.10 Å². The molecule has 0 unspecified atom stereocenters. The first kappa shape index (κ1) is 22.5.